The van der Waals surface area contributed by atoms with E-state index in [-0.39, 0.29) is 0 Å². The fourth-order valence-corrected chi connectivity index (χ4v) is 9.14. The largest absolute Gasteiger partial charge is 0.492 e. The Morgan fingerprint density at radius 3 is 0.755 bits per heavy atom. The molecule has 4 rings (SSSR count). The Morgan fingerprint density at radius 1 is 0.300 bits per heavy atom. The number of thiophene rings is 3. The van der Waals surface area contributed by atoms with Gasteiger partial charge in [-0.25, -0.2) is 0 Å². The SMILES string of the molecule is C#CC#CC#CC#CC#CC#CC#CC#CC#CC#CC#CC#CC#CC#CC#CC#CC#CC#CC#CC#CC#CC#CC#CC#CC#CC#CC#CC#CC#CC#CC#CC#CC#CC#CC#CC#CC#CC#CC#CC#CC#CN1C(=O)c2c(C)sc(-c3ccc(/C(C)=C(\OCC)c4ccc(C)s4)s3)c2C1=O. The summed E-state index contributed by atoms with van der Waals surface area (Å²) in [4.78, 5) is 33.3. The Kier molecular flexibility index (Phi) is 43.2. The second kappa shape index (κ2) is 57.8. The zero-order valence-corrected chi connectivity index (χ0v) is 59.4. The molecule has 4 nitrogen and oxygen atoms in total. The predicted octanol–water partition coefficient (Wildman–Crippen LogP) is 6.40. The molecule has 4 heterocycles. The first-order valence-corrected chi connectivity index (χ1v) is 31.8. The van der Waals surface area contributed by atoms with E-state index in [0.717, 1.165) is 40.6 Å². The fourth-order valence-electron chi connectivity index (χ4n) is 5.96. The summed E-state index contributed by atoms with van der Waals surface area (Å²) >= 11 is 4.62. The van der Waals surface area contributed by atoms with Gasteiger partial charge in [-0.1, -0.05) is 0 Å². The molecular formula is C103H19NO3S3. The molecule has 3 aromatic heterocycles. The maximum Gasteiger partial charge on any atom is 0.275 e. The maximum absolute atomic E-state index is 13.5. The molecule has 0 aliphatic carbocycles. The molecule has 0 spiro atoms. The molecule has 0 aromatic carbocycles. The molecule has 0 fully saturated rings. The van der Waals surface area contributed by atoms with Gasteiger partial charge in [0.2, 0.25) is 0 Å². The summed E-state index contributed by atoms with van der Waals surface area (Å²) in [7, 11) is 0. The highest BCUT2D eigenvalue weighted by molar-refractivity contribution is 7.23. The highest BCUT2D eigenvalue weighted by Gasteiger charge is 2.41. The van der Waals surface area contributed by atoms with E-state index in [0.29, 0.717) is 17.7 Å². The van der Waals surface area contributed by atoms with Gasteiger partial charge in [-0.3, -0.25) is 9.59 Å². The summed E-state index contributed by atoms with van der Waals surface area (Å²) in [5.41, 5.74) is 1.69. The van der Waals surface area contributed by atoms with Crippen LogP contribution in [0, 0.1) is 500 Å². The Labute approximate surface area is 656 Å². The normalized spacial score (nSPS) is 6.74. The Hall–Kier alpha value is -20.3. The number of nitrogens with zero attached hydrogens (tertiary/aromatic N) is 1. The number of hydrogen-bond acceptors (Lipinski definition) is 6. The van der Waals surface area contributed by atoms with Crippen LogP contribution in [0.1, 0.15) is 54.1 Å². The fraction of sp³-hybridized carbons (Fsp3) is 0.0485. The van der Waals surface area contributed by atoms with E-state index in [1.54, 1.807) is 11.3 Å². The topological polar surface area (TPSA) is 46.6 Å². The molecule has 110 heavy (non-hydrogen) atoms. The highest BCUT2D eigenvalue weighted by Crippen LogP contribution is 2.45. The molecule has 0 saturated heterocycles. The van der Waals surface area contributed by atoms with Crippen LogP contribution in [0.15, 0.2) is 24.3 Å². The number of allylic oxidation sites excluding steroid dienone is 1. The van der Waals surface area contributed by atoms with Gasteiger partial charge in [-0.05, 0) is 99.3 Å². The zero-order valence-electron chi connectivity index (χ0n) is 57.0. The number of ether oxygens (including phenoxy) is 1. The van der Waals surface area contributed by atoms with E-state index in [1.807, 2.05) is 32.9 Å². The molecular weight excluding hydrogens is 1400 g/mol. The first-order valence-electron chi connectivity index (χ1n) is 29.4. The average Bonchev–Trinajstić information content (AvgIpc) is 1.58. The summed E-state index contributed by atoms with van der Waals surface area (Å²) in [6, 6.07) is 10.7. The number of hydrogen-bond donors (Lipinski definition) is 0. The van der Waals surface area contributed by atoms with E-state index in [1.165, 1.54) is 27.6 Å². The molecule has 1 aliphatic rings. The molecule has 2 amide bonds. The summed E-state index contributed by atoms with van der Waals surface area (Å²) in [6.45, 7) is 8.38. The number of fused-ring (bicyclic) bond motifs is 1. The zero-order chi connectivity index (χ0) is 78.1. The first-order chi connectivity index (χ1) is 54.4. The van der Waals surface area contributed by atoms with Crippen molar-refractivity contribution in [3.05, 3.63) is 54.9 Å². The molecule has 0 atom stereocenters. The molecule has 7 heteroatoms. The summed E-state index contributed by atoms with van der Waals surface area (Å²) < 4.78 is 6.06. The average molecular weight is 1410 g/mol. The van der Waals surface area contributed by atoms with E-state index in [4.69, 9.17) is 11.2 Å². The van der Waals surface area contributed by atoms with Crippen LogP contribution < -0.4 is 0 Å². The van der Waals surface area contributed by atoms with E-state index in [2.05, 4.69) is 499 Å². The van der Waals surface area contributed by atoms with E-state index in [9.17, 15) is 9.59 Å². The number of aryl methyl sites for hydroxylation is 2. The molecule has 0 unspecified atom stereocenters. The molecule has 0 N–H and O–H groups in total. The lowest BCUT2D eigenvalue weighted by Gasteiger charge is -2.10. The number of rotatable bonds is 5. The first kappa shape index (κ1) is 82.2. The van der Waals surface area contributed by atoms with Gasteiger partial charge in [0.05, 0.1) is 27.5 Å². The quantitative estimate of drug-likeness (QED) is 0.169. The summed E-state index contributed by atoms with van der Waals surface area (Å²) in [5, 5.41) is 0. The molecule has 0 bridgehead atoms. The number of imide groups is 1. The lowest BCUT2D eigenvalue weighted by molar-refractivity contribution is 0.0735. The molecule has 0 radical (unpaired) electrons. The van der Waals surface area contributed by atoms with Gasteiger partial charge >= 0.3 is 0 Å². The molecule has 3 aromatic rings. The minimum absolute atomic E-state index is 0.344. The van der Waals surface area contributed by atoms with Crippen molar-refractivity contribution >= 4 is 57.2 Å². The molecule has 472 valence electrons. The highest BCUT2D eigenvalue weighted by atomic mass is 32.1. The molecule has 1 aliphatic heterocycles. The minimum Gasteiger partial charge on any atom is -0.492 e. The number of carbonyl (C=O) groups is 2. The Bertz CT molecular complexity index is 7490. The lowest BCUT2D eigenvalue weighted by Crippen LogP contribution is -2.24. The smallest absolute Gasteiger partial charge is 0.275 e. The van der Waals surface area contributed by atoms with Crippen LogP contribution in [0.3, 0.4) is 0 Å². The van der Waals surface area contributed by atoms with Crippen molar-refractivity contribution in [1.82, 2.24) is 4.90 Å². The third-order valence-electron chi connectivity index (χ3n) is 9.83. The van der Waals surface area contributed by atoms with Gasteiger partial charge in [-0.15, -0.1) is 40.4 Å². The summed E-state index contributed by atoms with van der Waals surface area (Å²) in [5.74, 6) is 199. The van der Waals surface area contributed by atoms with Crippen LogP contribution in [0.25, 0.3) is 21.1 Å². The number of terminal acetylenes is 1. The van der Waals surface area contributed by atoms with Crippen molar-refractivity contribution in [2.75, 3.05) is 6.61 Å². The van der Waals surface area contributed by atoms with Crippen LogP contribution >= 0.6 is 34.0 Å². The predicted molar refractivity (Wildman–Crippen MR) is 436 cm³/mol. The van der Waals surface area contributed by atoms with Crippen LogP contribution in [0.2, 0.25) is 0 Å². The van der Waals surface area contributed by atoms with Crippen molar-refractivity contribution in [2.45, 2.75) is 27.7 Å². The van der Waals surface area contributed by atoms with Crippen LogP contribution in [-0.4, -0.2) is 23.3 Å². The second-order valence-corrected chi connectivity index (χ2v) is 20.4. The molecule has 0 saturated carbocycles. The minimum atomic E-state index is -0.495. The van der Waals surface area contributed by atoms with E-state index >= 15 is 0 Å². The van der Waals surface area contributed by atoms with E-state index < -0.39 is 11.8 Å². The van der Waals surface area contributed by atoms with Gasteiger partial charge in [-0.2, -0.15) is 4.90 Å². The van der Waals surface area contributed by atoms with Crippen LogP contribution in [0.4, 0.5) is 0 Å². The summed E-state index contributed by atoms with van der Waals surface area (Å²) in [6.07, 6.45) is 4.96. The van der Waals surface area contributed by atoms with Gasteiger partial charge in [0.25, 0.3) is 11.8 Å². The van der Waals surface area contributed by atoms with Crippen molar-refractivity contribution in [3.63, 3.8) is 0 Å². The number of carbonyl (C=O) groups excluding carboxylic acids is 2. The standard InChI is InChI=1S/C103H19NO3S3/c1-6-8-9-10-11-12-13-14-15-16-17-18-19-20-21-22-23-24-25-26-27-28-29-30-31-32-33-34-35-36-37-38-39-40-41-42-43-44-45-46-47-48-49-50-51-52-53-54-55-56-57-58-59-60-61-62-63-64-65-66-67-68-69-70-71-72-73-74-75-76-77-78-79-80-81-82-83-84-85-86-91-104-102(105)98-94(5)109-101(99(98)103(104)106)97-90-89-95(110-97)93(4)100(107-7-2)96-88-87-92(3)108-96/h1,87-90H,7H2,2-5H3/b100-93-. The Balaban J connectivity index is 1.06. The van der Waals surface area contributed by atoms with Gasteiger partial charge in [0.15, 0.2) is 0 Å². The van der Waals surface area contributed by atoms with Gasteiger partial charge in [0.1, 0.15) is 5.76 Å². The van der Waals surface area contributed by atoms with Crippen LogP contribution in [0.5, 0.6) is 0 Å². The van der Waals surface area contributed by atoms with Crippen molar-refractivity contribution in [3.8, 4) is 496 Å². The van der Waals surface area contributed by atoms with Crippen molar-refractivity contribution < 1.29 is 14.3 Å². The van der Waals surface area contributed by atoms with Crippen LogP contribution in [-0.2, 0) is 4.74 Å². The van der Waals surface area contributed by atoms with Gasteiger partial charge in [0, 0.05) is 457 Å². The van der Waals surface area contributed by atoms with Gasteiger partial charge < -0.3 is 4.74 Å². The third kappa shape index (κ3) is 38.6. The monoisotopic (exact) mass is 1410 g/mol. The Morgan fingerprint density at radius 2 is 0.527 bits per heavy atom. The number of amides is 2. The maximum atomic E-state index is 13.5. The third-order valence-corrected chi connectivity index (χ3v) is 13.3. The second-order valence-electron chi connectivity index (χ2n) is 16.8. The lowest BCUT2D eigenvalue weighted by atomic mass is 10.1. The van der Waals surface area contributed by atoms with Crippen molar-refractivity contribution in [1.29, 1.82) is 0 Å². The van der Waals surface area contributed by atoms with Crippen molar-refractivity contribution in [2.24, 2.45) is 0 Å².